The van der Waals surface area contributed by atoms with Crippen molar-refractivity contribution in [1.82, 2.24) is 10.6 Å². The summed E-state index contributed by atoms with van der Waals surface area (Å²) in [5, 5.41) is 5.92. The monoisotopic (exact) mass is 352 g/mol. The van der Waals surface area contributed by atoms with E-state index in [1.54, 1.807) is 0 Å². The highest BCUT2D eigenvalue weighted by atomic mass is 35.5. The van der Waals surface area contributed by atoms with E-state index >= 15 is 0 Å². The number of rotatable bonds is 6. The van der Waals surface area contributed by atoms with Gasteiger partial charge < -0.3 is 15.4 Å². The van der Waals surface area contributed by atoms with Crippen molar-refractivity contribution >= 4 is 18.3 Å². The van der Waals surface area contributed by atoms with Crippen LogP contribution >= 0.6 is 12.4 Å². The molecule has 1 saturated heterocycles. The van der Waals surface area contributed by atoms with Crippen LogP contribution in [0.15, 0.2) is 24.3 Å². The molecular formula is C15H20ClF3N2O2. The molecule has 0 bridgehead atoms. The molecule has 2 N–H and O–H groups in total. The molecule has 1 heterocycles. The topological polar surface area (TPSA) is 50.4 Å². The Hall–Kier alpha value is -1.47. The Morgan fingerprint density at radius 1 is 1.39 bits per heavy atom. The van der Waals surface area contributed by atoms with Gasteiger partial charge in [0.05, 0.1) is 12.1 Å². The molecule has 1 amide bonds. The van der Waals surface area contributed by atoms with Crippen molar-refractivity contribution in [2.24, 2.45) is 0 Å². The molecule has 0 radical (unpaired) electrons. The second-order valence-corrected chi connectivity index (χ2v) is 5.22. The summed E-state index contributed by atoms with van der Waals surface area (Å²) in [5.74, 6) is 0.0635. The molecule has 4 nitrogen and oxygen atoms in total. The first-order valence-electron chi connectivity index (χ1n) is 7.25. The molecule has 0 aliphatic carbocycles. The SMILES string of the molecule is Cl.O=C(CC1CCCN1)NCCOc1cccc(C(F)(F)F)c1. The minimum Gasteiger partial charge on any atom is -0.492 e. The molecular weight excluding hydrogens is 333 g/mol. The van der Waals surface area contributed by atoms with Crippen molar-refractivity contribution in [3.8, 4) is 5.75 Å². The number of ether oxygens (including phenoxy) is 1. The van der Waals surface area contributed by atoms with Gasteiger partial charge in [-0.2, -0.15) is 13.2 Å². The Kier molecular flexibility index (Phi) is 7.64. The minimum atomic E-state index is -4.39. The van der Waals surface area contributed by atoms with Crippen LogP contribution in [0.25, 0.3) is 0 Å². The number of carbonyl (C=O) groups excluding carboxylic acids is 1. The van der Waals surface area contributed by atoms with Gasteiger partial charge in [-0.1, -0.05) is 6.07 Å². The summed E-state index contributed by atoms with van der Waals surface area (Å²) in [5.41, 5.74) is -0.749. The Balaban J connectivity index is 0.00000264. The lowest BCUT2D eigenvalue weighted by Crippen LogP contribution is -2.33. The van der Waals surface area contributed by atoms with Crippen molar-refractivity contribution in [1.29, 1.82) is 0 Å². The lowest BCUT2D eigenvalue weighted by atomic mass is 10.1. The molecule has 23 heavy (non-hydrogen) atoms. The molecule has 2 rings (SSSR count). The average Bonchev–Trinajstić information content (AvgIpc) is 2.96. The Labute approximate surface area is 139 Å². The fraction of sp³-hybridized carbons (Fsp3) is 0.533. The highest BCUT2D eigenvalue weighted by molar-refractivity contribution is 5.85. The van der Waals surface area contributed by atoms with Crippen LogP contribution in [0, 0.1) is 0 Å². The van der Waals surface area contributed by atoms with Gasteiger partial charge in [-0.15, -0.1) is 12.4 Å². The van der Waals surface area contributed by atoms with Gasteiger partial charge in [-0.05, 0) is 37.6 Å². The number of halogens is 4. The van der Waals surface area contributed by atoms with Gasteiger partial charge >= 0.3 is 6.18 Å². The summed E-state index contributed by atoms with van der Waals surface area (Å²) in [6.45, 7) is 1.34. The number of alkyl halides is 3. The third-order valence-electron chi connectivity index (χ3n) is 3.45. The van der Waals surface area contributed by atoms with Crippen LogP contribution < -0.4 is 15.4 Å². The zero-order valence-corrected chi connectivity index (χ0v) is 13.3. The van der Waals surface area contributed by atoms with Gasteiger partial charge in [0.1, 0.15) is 12.4 Å². The number of hydrogen-bond acceptors (Lipinski definition) is 3. The van der Waals surface area contributed by atoms with Crippen LogP contribution in [-0.4, -0.2) is 31.6 Å². The van der Waals surface area contributed by atoms with Crippen molar-refractivity contribution < 1.29 is 22.7 Å². The molecule has 0 saturated carbocycles. The van der Waals surface area contributed by atoms with E-state index in [2.05, 4.69) is 10.6 Å². The van der Waals surface area contributed by atoms with Crippen molar-refractivity contribution in [2.75, 3.05) is 19.7 Å². The molecule has 1 aliphatic heterocycles. The summed E-state index contributed by atoms with van der Waals surface area (Å²) < 4.78 is 42.8. The molecule has 130 valence electrons. The summed E-state index contributed by atoms with van der Waals surface area (Å²) in [7, 11) is 0. The maximum absolute atomic E-state index is 12.5. The van der Waals surface area contributed by atoms with Crippen LogP contribution in [0.3, 0.4) is 0 Å². The van der Waals surface area contributed by atoms with E-state index in [1.165, 1.54) is 12.1 Å². The maximum atomic E-state index is 12.5. The lowest BCUT2D eigenvalue weighted by Gasteiger charge is -2.12. The van der Waals surface area contributed by atoms with Crippen molar-refractivity contribution in [3.05, 3.63) is 29.8 Å². The molecule has 1 fully saturated rings. The molecule has 0 spiro atoms. The van der Waals surface area contributed by atoms with Gasteiger partial charge in [0.15, 0.2) is 0 Å². The molecule has 1 aromatic carbocycles. The second-order valence-electron chi connectivity index (χ2n) is 5.22. The van der Waals surface area contributed by atoms with E-state index in [-0.39, 0.29) is 43.3 Å². The first-order chi connectivity index (χ1) is 10.4. The van der Waals surface area contributed by atoms with E-state index in [1.807, 2.05) is 0 Å². The summed E-state index contributed by atoms with van der Waals surface area (Å²) in [6.07, 6.45) is -1.89. The standard InChI is InChI=1S/C15H19F3N2O2.ClH/c16-15(17,18)11-3-1-5-13(9-11)22-8-7-20-14(21)10-12-4-2-6-19-12;/h1,3,5,9,12,19H,2,4,6-8,10H2,(H,20,21);1H. The van der Waals surface area contributed by atoms with Crippen molar-refractivity contribution in [3.63, 3.8) is 0 Å². The molecule has 1 unspecified atom stereocenters. The third kappa shape index (κ3) is 6.66. The summed E-state index contributed by atoms with van der Waals surface area (Å²) in [4.78, 5) is 11.6. The quantitative estimate of drug-likeness (QED) is 0.774. The second kappa shape index (κ2) is 8.98. The Morgan fingerprint density at radius 3 is 2.83 bits per heavy atom. The number of nitrogens with one attached hydrogen (secondary N) is 2. The summed E-state index contributed by atoms with van der Waals surface area (Å²) in [6, 6.07) is 4.92. The van der Waals surface area contributed by atoms with E-state index in [9.17, 15) is 18.0 Å². The van der Waals surface area contributed by atoms with Crippen LogP contribution in [0.2, 0.25) is 0 Å². The van der Waals surface area contributed by atoms with Gasteiger partial charge in [0.25, 0.3) is 0 Å². The molecule has 8 heteroatoms. The maximum Gasteiger partial charge on any atom is 0.416 e. The molecule has 0 aromatic heterocycles. The van der Waals surface area contributed by atoms with Gasteiger partial charge in [0, 0.05) is 12.5 Å². The molecule has 1 atom stereocenters. The van der Waals surface area contributed by atoms with Crippen molar-refractivity contribution in [2.45, 2.75) is 31.5 Å². The van der Waals surface area contributed by atoms with E-state index in [0.717, 1.165) is 31.5 Å². The Bertz CT molecular complexity index is 506. The largest absolute Gasteiger partial charge is 0.492 e. The number of amides is 1. The first kappa shape index (κ1) is 19.6. The Morgan fingerprint density at radius 2 is 2.17 bits per heavy atom. The number of hydrogen-bond donors (Lipinski definition) is 2. The van der Waals surface area contributed by atoms with E-state index in [4.69, 9.17) is 4.74 Å². The normalized spacial score (nSPS) is 17.4. The zero-order valence-electron chi connectivity index (χ0n) is 12.5. The highest BCUT2D eigenvalue weighted by Crippen LogP contribution is 2.31. The fourth-order valence-corrected chi connectivity index (χ4v) is 2.35. The molecule has 1 aliphatic rings. The number of carbonyl (C=O) groups is 1. The zero-order chi connectivity index (χ0) is 16.0. The van der Waals surface area contributed by atoms with Crippen LogP contribution in [0.5, 0.6) is 5.75 Å². The molecule has 1 aromatic rings. The van der Waals surface area contributed by atoms with E-state index < -0.39 is 11.7 Å². The predicted octanol–water partition coefficient (Wildman–Crippen LogP) is 2.76. The summed E-state index contributed by atoms with van der Waals surface area (Å²) >= 11 is 0. The number of benzene rings is 1. The van der Waals surface area contributed by atoms with Crippen LogP contribution in [0.4, 0.5) is 13.2 Å². The third-order valence-corrected chi connectivity index (χ3v) is 3.45. The van der Waals surface area contributed by atoms with Crippen LogP contribution in [-0.2, 0) is 11.0 Å². The van der Waals surface area contributed by atoms with Gasteiger partial charge in [-0.25, -0.2) is 0 Å². The highest BCUT2D eigenvalue weighted by Gasteiger charge is 2.30. The fourth-order valence-electron chi connectivity index (χ4n) is 2.35. The minimum absolute atomic E-state index is 0. The van der Waals surface area contributed by atoms with Crippen LogP contribution in [0.1, 0.15) is 24.8 Å². The average molecular weight is 353 g/mol. The van der Waals surface area contributed by atoms with Gasteiger partial charge in [-0.3, -0.25) is 4.79 Å². The predicted molar refractivity (Wildman–Crippen MR) is 82.8 cm³/mol. The van der Waals surface area contributed by atoms with Gasteiger partial charge in [0.2, 0.25) is 5.91 Å². The smallest absolute Gasteiger partial charge is 0.416 e. The lowest BCUT2D eigenvalue weighted by molar-refractivity contribution is -0.137. The van der Waals surface area contributed by atoms with E-state index in [0.29, 0.717) is 6.42 Å². The first-order valence-corrected chi connectivity index (χ1v) is 7.25.